The number of piperidine rings is 1. The lowest BCUT2D eigenvalue weighted by atomic mass is 9.92. The average Bonchev–Trinajstić information content (AvgIpc) is 2.31. The highest BCUT2D eigenvalue weighted by atomic mass is 16.4. The monoisotopic (exact) mass is 249 g/mol. The fourth-order valence-electron chi connectivity index (χ4n) is 2.45. The van der Waals surface area contributed by atoms with Crippen LogP contribution in [-0.4, -0.2) is 33.6 Å². The van der Waals surface area contributed by atoms with Crippen molar-refractivity contribution >= 4 is 11.8 Å². The quantitative estimate of drug-likeness (QED) is 0.869. The maximum absolute atomic E-state index is 11.0. The van der Waals surface area contributed by atoms with Crippen molar-refractivity contribution in [2.24, 2.45) is 5.92 Å². The first-order chi connectivity index (χ1) is 8.49. The summed E-state index contributed by atoms with van der Waals surface area (Å²) in [6, 6.07) is 2.25. The van der Waals surface area contributed by atoms with Crippen molar-refractivity contribution in [2.45, 2.75) is 39.7 Å². The molecule has 5 heteroatoms. The first-order valence-electron chi connectivity index (χ1n) is 6.34. The molecule has 0 radical (unpaired) electrons. The van der Waals surface area contributed by atoms with Crippen molar-refractivity contribution in [3.63, 3.8) is 0 Å². The highest BCUT2D eigenvalue weighted by Crippen LogP contribution is 2.27. The van der Waals surface area contributed by atoms with E-state index in [0.29, 0.717) is 17.7 Å². The summed E-state index contributed by atoms with van der Waals surface area (Å²) in [7, 11) is 0. The van der Waals surface area contributed by atoms with E-state index in [1.807, 2.05) is 6.07 Å². The molecule has 0 saturated carbocycles. The van der Waals surface area contributed by atoms with Crippen molar-refractivity contribution in [2.75, 3.05) is 11.4 Å². The number of hydrogen-bond donors (Lipinski definition) is 1. The molecule has 2 heterocycles. The smallest absolute Gasteiger partial charge is 0.374 e. The van der Waals surface area contributed by atoms with Crippen LogP contribution in [0.5, 0.6) is 0 Å². The first-order valence-corrected chi connectivity index (χ1v) is 6.34. The second-order valence-electron chi connectivity index (χ2n) is 5.05. The lowest BCUT2D eigenvalue weighted by Crippen LogP contribution is -2.43. The Balaban J connectivity index is 2.35. The highest BCUT2D eigenvalue weighted by Gasteiger charge is 2.26. The number of carbonyl (C=O) groups is 1. The van der Waals surface area contributed by atoms with Gasteiger partial charge in [-0.3, -0.25) is 0 Å². The number of carboxylic acid groups (broad SMARTS) is 1. The van der Waals surface area contributed by atoms with Gasteiger partial charge in [0.1, 0.15) is 5.82 Å². The van der Waals surface area contributed by atoms with E-state index in [-0.39, 0.29) is 5.82 Å². The van der Waals surface area contributed by atoms with Gasteiger partial charge in [-0.2, -0.15) is 0 Å². The molecule has 2 rings (SSSR count). The third-order valence-corrected chi connectivity index (χ3v) is 3.70. The number of aromatic nitrogens is 2. The summed E-state index contributed by atoms with van der Waals surface area (Å²) in [6.45, 7) is 7.13. The number of nitrogens with zero attached hydrogens (tertiary/aromatic N) is 3. The number of hydrogen-bond acceptors (Lipinski definition) is 4. The topological polar surface area (TPSA) is 66.3 Å². The van der Waals surface area contributed by atoms with E-state index in [2.05, 4.69) is 28.7 Å². The van der Waals surface area contributed by atoms with Crippen LogP contribution in [0.3, 0.4) is 0 Å². The summed E-state index contributed by atoms with van der Waals surface area (Å²) in [5.74, 6) is 0.148. The SMILES string of the molecule is Cc1cc(N2CCCC(C)C2C)nc(C(=O)O)n1. The molecule has 2 unspecified atom stereocenters. The molecular weight excluding hydrogens is 230 g/mol. The Bertz CT molecular complexity index is 462. The predicted octanol–water partition coefficient (Wildman–Crippen LogP) is 2.11. The number of aryl methyl sites for hydroxylation is 1. The van der Waals surface area contributed by atoms with E-state index < -0.39 is 5.97 Å². The molecule has 0 aromatic carbocycles. The second kappa shape index (κ2) is 4.92. The fourth-order valence-corrected chi connectivity index (χ4v) is 2.45. The van der Waals surface area contributed by atoms with Crippen molar-refractivity contribution < 1.29 is 9.90 Å². The Morgan fingerprint density at radius 1 is 1.44 bits per heavy atom. The van der Waals surface area contributed by atoms with Crippen LogP contribution < -0.4 is 4.90 Å². The van der Waals surface area contributed by atoms with Crippen molar-refractivity contribution in [3.05, 3.63) is 17.6 Å². The van der Waals surface area contributed by atoms with Crippen LogP contribution in [0.1, 0.15) is 43.0 Å². The first kappa shape index (κ1) is 12.8. The van der Waals surface area contributed by atoms with Crippen molar-refractivity contribution in [1.29, 1.82) is 0 Å². The summed E-state index contributed by atoms with van der Waals surface area (Å²) in [4.78, 5) is 21.3. The van der Waals surface area contributed by atoms with E-state index in [1.165, 1.54) is 6.42 Å². The molecule has 0 spiro atoms. The molecule has 1 aromatic heterocycles. The normalized spacial score (nSPS) is 24.1. The number of rotatable bonds is 2. The van der Waals surface area contributed by atoms with Gasteiger partial charge in [-0.25, -0.2) is 14.8 Å². The minimum atomic E-state index is -1.07. The zero-order valence-corrected chi connectivity index (χ0v) is 11.1. The second-order valence-corrected chi connectivity index (χ2v) is 5.05. The van der Waals surface area contributed by atoms with Crippen LogP contribution in [-0.2, 0) is 0 Å². The summed E-state index contributed by atoms with van der Waals surface area (Å²) in [6.07, 6.45) is 2.34. The number of carboxylic acids is 1. The predicted molar refractivity (Wildman–Crippen MR) is 68.9 cm³/mol. The fraction of sp³-hybridized carbons (Fsp3) is 0.615. The zero-order chi connectivity index (χ0) is 13.3. The van der Waals surface area contributed by atoms with E-state index in [4.69, 9.17) is 5.11 Å². The van der Waals surface area contributed by atoms with Crippen LogP contribution in [0.4, 0.5) is 5.82 Å². The molecule has 1 aliphatic heterocycles. The van der Waals surface area contributed by atoms with Gasteiger partial charge in [0.15, 0.2) is 0 Å². The Kier molecular flexibility index (Phi) is 3.50. The third kappa shape index (κ3) is 2.44. The Morgan fingerprint density at radius 3 is 2.83 bits per heavy atom. The van der Waals surface area contributed by atoms with E-state index in [9.17, 15) is 4.79 Å². The van der Waals surface area contributed by atoms with Gasteiger partial charge in [-0.05, 0) is 32.6 Å². The lowest BCUT2D eigenvalue weighted by molar-refractivity contribution is 0.0683. The molecule has 0 bridgehead atoms. The van der Waals surface area contributed by atoms with Crippen LogP contribution in [0.15, 0.2) is 6.07 Å². The van der Waals surface area contributed by atoms with Gasteiger partial charge in [0.25, 0.3) is 0 Å². The molecule has 1 N–H and O–H groups in total. The van der Waals surface area contributed by atoms with Crippen LogP contribution in [0.2, 0.25) is 0 Å². The van der Waals surface area contributed by atoms with Gasteiger partial charge in [0.2, 0.25) is 5.82 Å². The molecule has 2 atom stereocenters. The summed E-state index contributed by atoms with van der Waals surface area (Å²) in [5.41, 5.74) is 0.697. The molecule has 98 valence electrons. The Morgan fingerprint density at radius 2 is 2.17 bits per heavy atom. The molecule has 1 aromatic rings. The summed E-state index contributed by atoms with van der Waals surface area (Å²) >= 11 is 0. The maximum Gasteiger partial charge on any atom is 0.374 e. The standard InChI is InChI=1S/C13H19N3O2/c1-8-5-4-6-16(10(8)3)11-7-9(2)14-12(15-11)13(17)18/h7-8,10H,4-6H2,1-3H3,(H,17,18). The van der Waals surface area contributed by atoms with Crippen LogP contribution >= 0.6 is 0 Å². The highest BCUT2D eigenvalue weighted by molar-refractivity contribution is 5.83. The third-order valence-electron chi connectivity index (χ3n) is 3.70. The van der Waals surface area contributed by atoms with Crippen LogP contribution in [0, 0.1) is 12.8 Å². The van der Waals surface area contributed by atoms with Gasteiger partial charge in [-0.1, -0.05) is 6.92 Å². The Hall–Kier alpha value is -1.65. The lowest BCUT2D eigenvalue weighted by Gasteiger charge is -2.38. The van der Waals surface area contributed by atoms with Gasteiger partial charge in [0, 0.05) is 24.3 Å². The van der Waals surface area contributed by atoms with Crippen molar-refractivity contribution in [1.82, 2.24) is 9.97 Å². The molecular formula is C13H19N3O2. The van der Waals surface area contributed by atoms with Gasteiger partial charge in [-0.15, -0.1) is 0 Å². The molecule has 1 fully saturated rings. The molecule has 0 amide bonds. The molecule has 5 nitrogen and oxygen atoms in total. The zero-order valence-electron chi connectivity index (χ0n) is 11.1. The van der Waals surface area contributed by atoms with Crippen LogP contribution in [0.25, 0.3) is 0 Å². The molecule has 18 heavy (non-hydrogen) atoms. The van der Waals surface area contributed by atoms with Gasteiger partial charge < -0.3 is 10.0 Å². The minimum absolute atomic E-state index is 0.115. The average molecular weight is 249 g/mol. The maximum atomic E-state index is 11.0. The van der Waals surface area contributed by atoms with E-state index in [0.717, 1.165) is 18.8 Å². The number of aromatic carboxylic acids is 1. The molecule has 1 aliphatic rings. The van der Waals surface area contributed by atoms with Crippen molar-refractivity contribution in [3.8, 4) is 0 Å². The Labute approximate surface area is 107 Å². The van der Waals surface area contributed by atoms with E-state index >= 15 is 0 Å². The largest absolute Gasteiger partial charge is 0.475 e. The number of anilines is 1. The summed E-state index contributed by atoms with van der Waals surface area (Å²) in [5, 5.41) is 9.01. The summed E-state index contributed by atoms with van der Waals surface area (Å²) < 4.78 is 0. The molecule has 1 saturated heterocycles. The molecule has 0 aliphatic carbocycles. The minimum Gasteiger partial charge on any atom is -0.475 e. The van der Waals surface area contributed by atoms with E-state index in [1.54, 1.807) is 6.92 Å². The van der Waals surface area contributed by atoms with Gasteiger partial charge >= 0.3 is 5.97 Å². The van der Waals surface area contributed by atoms with Gasteiger partial charge in [0.05, 0.1) is 0 Å².